The Kier molecular flexibility index (Phi) is 5.65. The van der Waals surface area contributed by atoms with Crippen LogP contribution >= 0.6 is 0 Å². The minimum Gasteiger partial charge on any atom is -0.444 e. The minimum absolute atomic E-state index is 0.0134. The van der Waals surface area contributed by atoms with Gasteiger partial charge < -0.3 is 14.8 Å². The van der Waals surface area contributed by atoms with E-state index in [1.807, 2.05) is 4.90 Å². The molecule has 1 fully saturated rings. The van der Waals surface area contributed by atoms with Crippen molar-refractivity contribution in [2.45, 2.75) is 63.7 Å². The monoisotopic (exact) mass is 445 g/mol. The lowest BCUT2D eigenvalue weighted by atomic mass is 9.89. The summed E-state index contributed by atoms with van der Waals surface area (Å²) in [6.45, 7) is 14.0. The number of aromatic amines is 1. The Morgan fingerprint density at radius 3 is 2.88 bits per heavy atom. The van der Waals surface area contributed by atoms with E-state index >= 15 is 0 Å². The molecule has 10 heteroatoms. The molecule has 2 aliphatic heterocycles. The number of alkyl carbamates (subject to hydrolysis) is 1. The van der Waals surface area contributed by atoms with E-state index in [9.17, 15) is 13.6 Å². The van der Waals surface area contributed by atoms with Crippen molar-refractivity contribution in [3.63, 3.8) is 0 Å². The number of fused-ring (bicyclic) bond motifs is 1. The molecule has 0 saturated carbocycles. The van der Waals surface area contributed by atoms with E-state index in [1.165, 1.54) is 0 Å². The number of carbonyl (C=O) groups is 1. The molecular formula is C22H25F2N5O3. The van der Waals surface area contributed by atoms with Crippen LogP contribution < -0.4 is 5.32 Å². The molecule has 0 spiro atoms. The van der Waals surface area contributed by atoms with Crippen LogP contribution in [0.15, 0.2) is 24.4 Å². The summed E-state index contributed by atoms with van der Waals surface area (Å²) in [5.41, 5.74) is 0.0482. The van der Waals surface area contributed by atoms with Crippen LogP contribution in [0.3, 0.4) is 0 Å². The summed E-state index contributed by atoms with van der Waals surface area (Å²) in [7, 11) is 0. The molecule has 0 aliphatic carbocycles. The zero-order chi connectivity index (χ0) is 23.1. The highest BCUT2D eigenvalue weighted by atomic mass is 19.1. The largest absolute Gasteiger partial charge is 0.444 e. The summed E-state index contributed by atoms with van der Waals surface area (Å²) in [5, 5.41) is 9.68. The second kappa shape index (κ2) is 8.15. The smallest absolute Gasteiger partial charge is 0.407 e. The second-order valence-corrected chi connectivity index (χ2v) is 9.18. The van der Waals surface area contributed by atoms with Crippen molar-refractivity contribution in [1.29, 1.82) is 0 Å². The maximum atomic E-state index is 14.6. The number of nitrogens with zero attached hydrogens (tertiary/aromatic N) is 3. The van der Waals surface area contributed by atoms with Gasteiger partial charge in [-0.2, -0.15) is 5.10 Å². The number of halogens is 2. The summed E-state index contributed by atoms with van der Waals surface area (Å²) < 4.78 is 39.8. The molecule has 1 aromatic heterocycles. The Labute approximate surface area is 184 Å². The molecule has 0 radical (unpaired) electrons. The first kappa shape index (κ1) is 22.2. The SMILES string of the molecule is [C-]#[N+]C1(N2Cc3cn[nH]c3C2)CO[C@H](c2cc(F)ccc2F)[C@@H](NC(=O)OC(C)(C)C)C1. The molecule has 32 heavy (non-hydrogen) atoms. The van der Waals surface area contributed by atoms with Gasteiger partial charge in [-0.25, -0.2) is 25.0 Å². The average molecular weight is 445 g/mol. The predicted octanol–water partition coefficient (Wildman–Crippen LogP) is 3.67. The number of hydrogen-bond donors (Lipinski definition) is 2. The zero-order valence-corrected chi connectivity index (χ0v) is 18.1. The number of H-pyrrole nitrogens is 1. The summed E-state index contributed by atoms with van der Waals surface area (Å²) in [6, 6.07) is 2.28. The average Bonchev–Trinajstić information content (AvgIpc) is 3.31. The number of ether oxygens (including phenoxy) is 2. The van der Waals surface area contributed by atoms with Gasteiger partial charge in [0.25, 0.3) is 0 Å². The first-order valence-corrected chi connectivity index (χ1v) is 10.3. The lowest BCUT2D eigenvalue weighted by molar-refractivity contribution is -0.0930. The van der Waals surface area contributed by atoms with Crippen molar-refractivity contribution in [2.24, 2.45) is 0 Å². The van der Waals surface area contributed by atoms with E-state index in [2.05, 4.69) is 20.4 Å². The molecule has 0 bridgehead atoms. The third-order valence-electron chi connectivity index (χ3n) is 5.69. The first-order valence-electron chi connectivity index (χ1n) is 10.3. The van der Waals surface area contributed by atoms with E-state index in [1.54, 1.807) is 27.0 Å². The Bertz CT molecular complexity index is 1040. The first-order chi connectivity index (χ1) is 15.1. The fourth-order valence-corrected chi connectivity index (χ4v) is 4.21. The molecule has 2 aromatic rings. The van der Waals surface area contributed by atoms with E-state index in [0.29, 0.717) is 13.1 Å². The number of carbonyl (C=O) groups excluding carboxylic acids is 1. The lowest BCUT2D eigenvalue weighted by Gasteiger charge is -2.41. The van der Waals surface area contributed by atoms with Crippen LogP contribution in [0, 0.1) is 18.2 Å². The van der Waals surface area contributed by atoms with Crippen LogP contribution in [0.2, 0.25) is 0 Å². The molecule has 2 aliphatic rings. The van der Waals surface area contributed by atoms with E-state index < -0.39 is 41.1 Å². The van der Waals surface area contributed by atoms with Gasteiger partial charge in [0.05, 0.1) is 24.4 Å². The van der Waals surface area contributed by atoms with E-state index in [-0.39, 0.29) is 18.6 Å². The van der Waals surface area contributed by atoms with Gasteiger partial charge in [-0.3, -0.25) is 9.94 Å². The quantitative estimate of drug-likeness (QED) is 0.705. The number of benzene rings is 1. The van der Waals surface area contributed by atoms with Crippen molar-refractivity contribution in [2.75, 3.05) is 6.61 Å². The minimum atomic E-state index is -1.10. The topological polar surface area (TPSA) is 83.8 Å². The maximum absolute atomic E-state index is 14.6. The Morgan fingerprint density at radius 1 is 1.41 bits per heavy atom. The van der Waals surface area contributed by atoms with Gasteiger partial charge in [0, 0.05) is 24.2 Å². The maximum Gasteiger partial charge on any atom is 0.407 e. The predicted molar refractivity (Wildman–Crippen MR) is 110 cm³/mol. The molecule has 1 unspecified atom stereocenters. The van der Waals surface area contributed by atoms with Crippen LogP contribution in [-0.4, -0.2) is 45.1 Å². The molecule has 1 saturated heterocycles. The van der Waals surface area contributed by atoms with Crippen molar-refractivity contribution >= 4 is 6.09 Å². The lowest BCUT2D eigenvalue weighted by Crippen LogP contribution is -2.58. The van der Waals surface area contributed by atoms with E-state index in [0.717, 1.165) is 29.5 Å². The third kappa shape index (κ3) is 4.31. The van der Waals surface area contributed by atoms with Gasteiger partial charge in [-0.05, 0) is 39.0 Å². The highest BCUT2D eigenvalue weighted by molar-refractivity contribution is 5.68. The van der Waals surface area contributed by atoms with Crippen LogP contribution in [0.5, 0.6) is 0 Å². The Balaban J connectivity index is 1.63. The van der Waals surface area contributed by atoms with Crippen LogP contribution in [-0.2, 0) is 22.6 Å². The summed E-state index contributed by atoms with van der Waals surface area (Å²) in [5.74, 6) is -1.27. The zero-order valence-electron chi connectivity index (χ0n) is 18.1. The van der Waals surface area contributed by atoms with Gasteiger partial charge in [-0.15, -0.1) is 0 Å². The highest BCUT2D eigenvalue weighted by Gasteiger charge is 2.54. The van der Waals surface area contributed by atoms with Gasteiger partial charge in [0.1, 0.15) is 29.9 Å². The summed E-state index contributed by atoms with van der Waals surface area (Å²) >= 11 is 0. The van der Waals surface area contributed by atoms with Gasteiger partial charge in [0.15, 0.2) is 0 Å². The molecule has 170 valence electrons. The number of rotatable bonds is 3. The normalized spacial score (nSPS) is 25.8. The molecule has 3 atom stereocenters. The molecule has 2 N–H and O–H groups in total. The van der Waals surface area contributed by atoms with Crippen LogP contribution in [0.1, 0.15) is 50.1 Å². The molecular weight excluding hydrogens is 420 g/mol. The summed E-state index contributed by atoms with van der Waals surface area (Å²) in [6.07, 6.45) is 0.172. The molecule has 4 rings (SSSR count). The van der Waals surface area contributed by atoms with E-state index in [4.69, 9.17) is 16.0 Å². The highest BCUT2D eigenvalue weighted by Crippen LogP contribution is 2.41. The number of hydrogen-bond acceptors (Lipinski definition) is 5. The Hall–Kier alpha value is -3.03. The van der Waals surface area contributed by atoms with Gasteiger partial charge in [0.2, 0.25) is 0 Å². The van der Waals surface area contributed by atoms with Gasteiger partial charge in [-0.1, -0.05) is 0 Å². The second-order valence-electron chi connectivity index (χ2n) is 9.18. The van der Waals surface area contributed by atoms with Crippen molar-refractivity contribution in [3.05, 3.63) is 64.3 Å². The van der Waals surface area contributed by atoms with Gasteiger partial charge >= 0.3 is 11.8 Å². The van der Waals surface area contributed by atoms with Crippen molar-refractivity contribution < 1.29 is 23.0 Å². The van der Waals surface area contributed by atoms with Crippen molar-refractivity contribution in [1.82, 2.24) is 20.4 Å². The van der Waals surface area contributed by atoms with Crippen LogP contribution in [0.4, 0.5) is 13.6 Å². The third-order valence-corrected chi connectivity index (χ3v) is 5.69. The van der Waals surface area contributed by atoms with Crippen LogP contribution in [0.25, 0.3) is 4.85 Å². The molecule has 8 nitrogen and oxygen atoms in total. The number of aromatic nitrogens is 2. The number of amides is 1. The molecule has 1 aromatic carbocycles. The fourth-order valence-electron chi connectivity index (χ4n) is 4.21. The number of nitrogens with one attached hydrogen (secondary N) is 2. The molecule has 1 amide bonds. The van der Waals surface area contributed by atoms with Crippen molar-refractivity contribution in [3.8, 4) is 0 Å². The standard InChI is InChI=1S/C22H25F2N5O3/c1-21(2,3)32-20(30)27-17-8-22(25-4,29-10-13-9-26-28-18(13)11-29)12-31-19(17)15-7-14(23)5-6-16(15)24/h5-7,9,17,19H,8,10-12H2,1-3H3,(H,26,28)(H,27,30)/t17-,19+,22?/m0/s1. The molecule has 3 heterocycles. The Morgan fingerprint density at radius 2 is 2.19 bits per heavy atom. The summed E-state index contributed by atoms with van der Waals surface area (Å²) in [4.78, 5) is 18.4. The fraction of sp³-hybridized carbons (Fsp3) is 0.500.